The van der Waals surface area contributed by atoms with Crippen molar-refractivity contribution in [1.82, 2.24) is 0 Å². The van der Waals surface area contributed by atoms with Crippen LogP contribution < -0.4 is 0 Å². The summed E-state index contributed by atoms with van der Waals surface area (Å²) in [5, 5.41) is 21.3. The highest BCUT2D eigenvalue weighted by atomic mass is 16.7. The molecule has 0 aliphatic heterocycles. The van der Waals surface area contributed by atoms with Gasteiger partial charge in [-0.2, -0.15) is 0 Å². The van der Waals surface area contributed by atoms with Gasteiger partial charge in [-0.25, -0.2) is 0 Å². The van der Waals surface area contributed by atoms with E-state index in [9.17, 15) is 15.0 Å². The third kappa shape index (κ3) is 10.8. The van der Waals surface area contributed by atoms with E-state index in [1.165, 1.54) is 5.56 Å². The number of carboxylic acid groups (broad SMARTS) is 1. The molecule has 1 aliphatic carbocycles. The molecule has 0 saturated heterocycles. The number of allylic oxidation sites excluding steroid dienone is 2. The molecule has 1 aromatic rings. The summed E-state index contributed by atoms with van der Waals surface area (Å²) in [4.78, 5) is 12.4. The molecular formula is C31H50O7. The summed E-state index contributed by atoms with van der Waals surface area (Å²) in [5.41, 5.74) is 1.25. The highest BCUT2D eigenvalue weighted by molar-refractivity contribution is 5.70. The molecule has 0 amide bonds. The zero-order valence-corrected chi connectivity index (χ0v) is 24.0. The number of carbonyl (C=O) groups is 1. The van der Waals surface area contributed by atoms with E-state index in [4.69, 9.17) is 18.9 Å². The summed E-state index contributed by atoms with van der Waals surface area (Å²) in [7, 11) is 0. The number of aliphatic hydroxyl groups excluding tert-OH is 1. The van der Waals surface area contributed by atoms with E-state index in [0.717, 1.165) is 19.3 Å². The van der Waals surface area contributed by atoms with Gasteiger partial charge in [0.2, 0.25) is 0 Å². The van der Waals surface area contributed by atoms with Gasteiger partial charge in [-0.05, 0) is 84.6 Å². The molecule has 0 bridgehead atoms. The number of aliphatic carboxylic acids is 1. The van der Waals surface area contributed by atoms with Gasteiger partial charge in [0.25, 0.3) is 0 Å². The lowest BCUT2D eigenvalue weighted by atomic mass is 9.77. The maximum atomic E-state index is 12.4. The fraction of sp³-hybridized carbons (Fsp3) is 0.710. The van der Waals surface area contributed by atoms with Crippen molar-refractivity contribution in [1.29, 1.82) is 0 Å². The van der Waals surface area contributed by atoms with Gasteiger partial charge in [-0.3, -0.25) is 4.79 Å². The van der Waals surface area contributed by atoms with Gasteiger partial charge < -0.3 is 29.2 Å². The van der Waals surface area contributed by atoms with Crippen molar-refractivity contribution >= 4 is 5.97 Å². The first-order valence-corrected chi connectivity index (χ1v) is 14.4. The maximum absolute atomic E-state index is 12.4. The quantitative estimate of drug-likeness (QED) is 0.166. The Morgan fingerprint density at radius 2 is 1.74 bits per heavy atom. The predicted molar refractivity (Wildman–Crippen MR) is 149 cm³/mol. The minimum atomic E-state index is -0.857. The lowest BCUT2D eigenvalue weighted by Gasteiger charge is -2.32. The van der Waals surface area contributed by atoms with Crippen LogP contribution in [0.3, 0.4) is 0 Å². The highest BCUT2D eigenvalue weighted by Gasteiger charge is 2.49. The van der Waals surface area contributed by atoms with Crippen molar-refractivity contribution in [2.75, 3.05) is 13.2 Å². The van der Waals surface area contributed by atoms with Crippen LogP contribution in [0.25, 0.3) is 0 Å². The fourth-order valence-corrected chi connectivity index (χ4v) is 5.82. The molecule has 3 unspecified atom stereocenters. The van der Waals surface area contributed by atoms with Crippen LogP contribution >= 0.6 is 0 Å². The average Bonchev–Trinajstić information content (AvgIpc) is 3.18. The van der Waals surface area contributed by atoms with Crippen LogP contribution in [0.15, 0.2) is 42.5 Å². The van der Waals surface area contributed by atoms with Gasteiger partial charge in [0.15, 0.2) is 12.6 Å². The number of hydrogen-bond acceptors (Lipinski definition) is 6. The molecule has 1 fully saturated rings. The molecule has 1 aromatic carbocycles. The SMILES string of the molecule is CC=CCC[C@@H](C(=O)O)[C@H]1C(CC[C@H](CCc2ccccc2)OC(C)OCC)[C@H](OC(C)OCC)C[C@@H]1O. The van der Waals surface area contributed by atoms with Crippen molar-refractivity contribution in [3.8, 4) is 0 Å². The first kappa shape index (κ1) is 32.4. The molecule has 2 N–H and O–H groups in total. The summed E-state index contributed by atoms with van der Waals surface area (Å²) in [5.74, 6) is -2.02. The topological polar surface area (TPSA) is 94.5 Å². The van der Waals surface area contributed by atoms with Crippen molar-refractivity contribution in [3.05, 3.63) is 48.0 Å². The molecule has 0 radical (unpaired) electrons. The Bertz CT molecular complexity index is 799. The van der Waals surface area contributed by atoms with Crippen LogP contribution in [0, 0.1) is 17.8 Å². The average molecular weight is 535 g/mol. The molecule has 1 saturated carbocycles. The smallest absolute Gasteiger partial charge is 0.306 e. The monoisotopic (exact) mass is 534 g/mol. The van der Waals surface area contributed by atoms with Gasteiger partial charge in [-0.1, -0.05) is 42.5 Å². The van der Waals surface area contributed by atoms with Gasteiger partial charge in [0.05, 0.1) is 24.2 Å². The van der Waals surface area contributed by atoms with Crippen LogP contribution in [-0.4, -0.2) is 60.3 Å². The van der Waals surface area contributed by atoms with E-state index < -0.39 is 30.2 Å². The fourth-order valence-electron chi connectivity index (χ4n) is 5.82. The second-order valence-electron chi connectivity index (χ2n) is 10.2. The maximum Gasteiger partial charge on any atom is 0.306 e. The predicted octanol–water partition coefficient (Wildman–Crippen LogP) is 5.99. The summed E-state index contributed by atoms with van der Waals surface area (Å²) in [6.07, 6.45) is 6.77. The first-order valence-electron chi connectivity index (χ1n) is 14.4. The number of benzene rings is 1. The van der Waals surface area contributed by atoms with Crippen LogP contribution in [0.4, 0.5) is 0 Å². The molecule has 0 aromatic heterocycles. The number of carboxylic acids is 1. The van der Waals surface area contributed by atoms with Gasteiger partial charge in [0, 0.05) is 25.6 Å². The van der Waals surface area contributed by atoms with Crippen molar-refractivity contribution < 1.29 is 34.0 Å². The Labute approximate surface area is 229 Å². The lowest BCUT2D eigenvalue weighted by molar-refractivity contribution is -0.174. The Morgan fingerprint density at radius 1 is 1.05 bits per heavy atom. The molecule has 8 atom stereocenters. The zero-order chi connectivity index (χ0) is 27.9. The summed E-state index contributed by atoms with van der Waals surface area (Å²) in [6, 6.07) is 10.3. The lowest BCUT2D eigenvalue weighted by Crippen LogP contribution is -2.36. The summed E-state index contributed by atoms with van der Waals surface area (Å²) in [6.45, 7) is 10.7. The summed E-state index contributed by atoms with van der Waals surface area (Å²) < 4.78 is 23.9. The largest absolute Gasteiger partial charge is 0.481 e. The Balaban J connectivity index is 2.22. The molecule has 0 spiro atoms. The van der Waals surface area contributed by atoms with E-state index in [1.807, 2.05) is 65.0 Å². The number of hydrogen-bond donors (Lipinski definition) is 2. The molecule has 7 nitrogen and oxygen atoms in total. The standard InChI is InChI=1S/C31H50O7/c1-6-9-11-16-27(31(33)34)30-26(29(21-28(30)32)38-23(5)36-8-3)20-19-25(37-22(4)35-7-2)18-17-24-14-12-10-13-15-24/h6,9-10,12-15,22-23,25-30,32H,7-8,11,16-21H2,1-5H3,(H,33,34)/t22?,23?,25-,26?,27+,28-,29+,30+/m0/s1. The van der Waals surface area contributed by atoms with E-state index in [0.29, 0.717) is 38.9 Å². The van der Waals surface area contributed by atoms with Crippen molar-refractivity contribution in [3.63, 3.8) is 0 Å². The van der Waals surface area contributed by atoms with E-state index in [-0.39, 0.29) is 24.4 Å². The Kier molecular flexibility index (Phi) is 15.2. The summed E-state index contributed by atoms with van der Waals surface area (Å²) >= 11 is 0. The zero-order valence-electron chi connectivity index (χ0n) is 24.0. The van der Waals surface area contributed by atoms with E-state index in [1.54, 1.807) is 0 Å². The van der Waals surface area contributed by atoms with Crippen molar-refractivity contribution in [2.24, 2.45) is 17.8 Å². The molecule has 0 heterocycles. The Hall–Kier alpha value is -1.77. The van der Waals surface area contributed by atoms with Crippen LogP contribution in [0.1, 0.15) is 78.7 Å². The molecule has 38 heavy (non-hydrogen) atoms. The van der Waals surface area contributed by atoms with Gasteiger partial charge in [0.1, 0.15) is 0 Å². The highest BCUT2D eigenvalue weighted by Crippen LogP contribution is 2.44. The van der Waals surface area contributed by atoms with Gasteiger partial charge in [-0.15, -0.1) is 0 Å². The second-order valence-corrected chi connectivity index (χ2v) is 10.2. The number of aryl methyl sites for hydroxylation is 1. The number of rotatable bonds is 19. The first-order chi connectivity index (χ1) is 18.3. The number of aliphatic hydroxyl groups is 1. The third-order valence-electron chi connectivity index (χ3n) is 7.52. The van der Waals surface area contributed by atoms with Gasteiger partial charge >= 0.3 is 5.97 Å². The molecule has 1 aliphatic rings. The number of ether oxygens (including phenoxy) is 4. The molecule has 216 valence electrons. The van der Waals surface area contributed by atoms with E-state index in [2.05, 4.69) is 12.1 Å². The minimum absolute atomic E-state index is 0.0635. The van der Waals surface area contributed by atoms with Crippen LogP contribution in [0.2, 0.25) is 0 Å². The van der Waals surface area contributed by atoms with E-state index >= 15 is 0 Å². The van der Waals surface area contributed by atoms with Crippen molar-refractivity contribution in [2.45, 2.75) is 110 Å². The Morgan fingerprint density at radius 3 is 2.37 bits per heavy atom. The van der Waals surface area contributed by atoms with Crippen LogP contribution in [0.5, 0.6) is 0 Å². The molecule has 7 heteroatoms. The minimum Gasteiger partial charge on any atom is -0.481 e. The third-order valence-corrected chi connectivity index (χ3v) is 7.52. The van der Waals surface area contributed by atoms with Crippen LogP contribution in [-0.2, 0) is 30.2 Å². The molecule has 2 rings (SSSR count). The normalized spacial score (nSPS) is 24.9. The second kappa shape index (κ2) is 17.7. The molecular weight excluding hydrogens is 484 g/mol.